The van der Waals surface area contributed by atoms with Crippen LogP contribution in [0.4, 0.5) is 5.69 Å². The first-order valence-corrected chi connectivity index (χ1v) is 11.8. The third kappa shape index (κ3) is 4.95. The van der Waals surface area contributed by atoms with Gasteiger partial charge in [-0.25, -0.2) is 0 Å². The van der Waals surface area contributed by atoms with Gasteiger partial charge in [-0.05, 0) is 50.2 Å². The number of Topliss-reactive ketones (excluding diaryl/α,β-unsaturated/α-hetero) is 1. The van der Waals surface area contributed by atoms with Crippen LogP contribution in [0.1, 0.15) is 28.2 Å². The van der Waals surface area contributed by atoms with Crippen LogP contribution >= 0.6 is 35.0 Å². The van der Waals surface area contributed by atoms with Gasteiger partial charge in [0.2, 0.25) is 11.7 Å². The Morgan fingerprint density at radius 1 is 1.09 bits per heavy atom. The predicted octanol–water partition coefficient (Wildman–Crippen LogP) is 5.63. The van der Waals surface area contributed by atoms with Gasteiger partial charge in [-0.1, -0.05) is 35.3 Å². The number of anilines is 1. The van der Waals surface area contributed by atoms with Crippen LogP contribution in [0.5, 0.6) is 0 Å². The molecular weight excluding hydrogens is 483 g/mol. The quantitative estimate of drug-likeness (QED) is 0.349. The number of ether oxygens (including phenoxy) is 1. The standard InChI is InChI=1S/C24H20Cl2N2O4S/c1-13-9-16(14(2)28(13)15-7-8-17(25)18(26)10-15)20(29)12-32-23(30)11-22-24(31)27-19-5-3-4-6-21(19)33-22/h3-10,22H,11-12H2,1-2H3,(H,27,31)/t22-/m1/s1. The van der Waals surface area contributed by atoms with E-state index < -0.39 is 17.8 Å². The molecule has 0 saturated heterocycles. The molecule has 2 heterocycles. The fourth-order valence-corrected chi connectivity index (χ4v) is 5.12. The van der Waals surface area contributed by atoms with Crippen LogP contribution in [0, 0.1) is 13.8 Å². The van der Waals surface area contributed by atoms with E-state index in [1.807, 2.05) is 48.7 Å². The zero-order valence-corrected chi connectivity index (χ0v) is 20.2. The molecule has 4 rings (SSSR count). The monoisotopic (exact) mass is 502 g/mol. The van der Waals surface area contributed by atoms with Crippen LogP contribution in [0.3, 0.4) is 0 Å². The summed E-state index contributed by atoms with van der Waals surface area (Å²) >= 11 is 13.5. The molecule has 1 amide bonds. The Labute approximate surface area is 205 Å². The molecular formula is C24H20Cl2N2O4S. The lowest BCUT2D eigenvalue weighted by atomic mass is 10.1. The minimum absolute atomic E-state index is 0.125. The van der Waals surface area contributed by atoms with E-state index in [0.717, 1.165) is 22.0 Å². The Morgan fingerprint density at radius 2 is 1.85 bits per heavy atom. The molecule has 0 aliphatic carbocycles. The van der Waals surface area contributed by atoms with Crippen molar-refractivity contribution in [2.45, 2.75) is 30.4 Å². The van der Waals surface area contributed by atoms with Crippen LogP contribution in [-0.4, -0.2) is 34.1 Å². The summed E-state index contributed by atoms with van der Waals surface area (Å²) in [4.78, 5) is 38.3. The number of hydrogen-bond donors (Lipinski definition) is 1. The van der Waals surface area contributed by atoms with Gasteiger partial charge in [-0.15, -0.1) is 11.8 Å². The van der Waals surface area contributed by atoms with Gasteiger partial charge in [0, 0.05) is 27.5 Å². The van der Waals surface area contributed by atoms with Crippen LogP contribution in [-0.2, 0) is 14.3 Å². The second-order valence-corrected chi connectivity index (χ2v) is 9.66. The zero-order chi connectivity index (χ0) is 23.7. The first kappa shape index (κ1) is 23.4. The smallest absolute Gasteiger partial charge is 0.307 e. The van der Waals surface area contributed by atoms with Crippen molar-refractivity contribution in [1.82, 2.24) is 4.57 Å². The van der Waals surface area contributed by atoms with Crippen molar-refractivity contribution in [3.8, 4) is 5.69 Å². The largest absolute Gasteiger partial charge is 0.457 e. The van der Waals surface area contributed by atoms with Crippen molar-refractivity contribution < 1.29 is 19.1 Å². The summed E-state index contributed by atoms with van der Waals surface area (Å²) in [5.41, 5.74) is 3.48. The van der Waals surface area contributed by atoms with E-state index >= 15 is 0 Å². The molecule has 1 aliphatic rings. The molecule has 9 heteroatoms. The molecule has 1 N–H and O–H groups in total. The molecule has 0 saturated carbocycles. The molecule has 0 unspecified atom stereocenters. The highest BCUT2D eigenvalue weighted by molar-refractivity contribution is 8.01. The fraction of sp³-hybridized carbons (Fsp3) is 0.208. The number of hydrogen-bond acceptors (Lipinski definition) is 5. The van der Waals surface area contributed by atoms with Gasteiger partial charge in [0.25, 0.3) is 0 Å². The second kappa shape index (κ2) is 9.63. The summed E-state index contributed by atoms with van der Waals surface area (Å²) in [6, 6.07) is 14.4. The molecule has 170 valence electrons. The first-order chi connectivity index (χ1) is 15.7. The van der Waals surface area contributed by atoms with Crippen LogP contribution in [0.25, 0.3) is 5.69 Å². The van der Waals surface area contributed by atoms with Gasteiger partial charge < -0.3 is 14.6 Å². The Kier molecular flexibility index (Phi) is 6.83. The number of ketones is 1. The van der Waals surface area contributed by atoms with E-state index in [9.17, 15) is 14.4 Å². The molecule has 2 aromatic carbocycles. The zero-order valence-electron chi connectivity index (χ0n) is 17.9. The van der Waals surface area contributed by atoms with E-state index in [1.165, 1.54) is 11.8 Å². The number of halogens is 2. The highest BCUT2D eigenvalue weighted by atomic mass is 35.5. The molecule has 6 nitrogen and oxygen atoms in total. The normalized spacial score (nSPS) is 15.0. The number of amides is 1. The van der Waals surface area contributed by atoms with Gasteiger partial charge in [0.1, 0.15) is 0 Å². The summed E-state index contributed by atoms with van der Waals surface area (Å²) in [5.74, 6) is -1.19. The number of rotatable bonds is 6. The second-order valence-electron chi connectivity index (χ2n) is 7.60. The van der Waals surface area contributed by atoms with Gasteiger partial charge in [-0.3, -0.25) is 14.4 Å². The van der Waals surface area contributed by atoms with Crippen molar-refractivity contribution in [2.24, 2.45) is 0 Å². The molecule has 0 spiro atoms. The predicted molar refractivity (Wildman–Crippen MR) is 130 cm³/mol. The van der Waals surface area contributed by atoms with E-state index in [2.05, 4.69) is 5.32 Å². The lowest BCUT2D eigenvalue weighted by Gasteiger charge is -2.23. The molecule has 0 bridgehead atoms. The summed E-state index contributed by atoms with van der Waals surface area (Å²) in [7, 11) is 0. The number of nitrogens with zero attached hydrogens (tertiary/aromatic N) is 1. The minimum atomic E-state index is -0.609. The molecule has 1 atom stereocenters. The number of carbonyl (C=O) groups excluding carboxylic acids is 3. The maximum atomic E-state index is 12.8. The van der Waals surface area contributed by atoms with Crippen LogP contribution in [0.15, 0.2) is 53.4 Å². The lowest BCUT2D eigenvalue weighted by molar-refractivity contribution is -0.143. The SMILES string of the molecule is Cc1cc(C(=O)COC(=O)C[C@H]2Sc3ccccc3NC2=O)c(C)n1-c1ccc(Cl)c(Cl)c1. The van der Waals surface area contributed by atoms with E-state index in [1.54, 1.807) is 18.2 Å². The van der Waals surface area contributed by atoms with E-state index in [-0.39, 0.29) is 18.1 Å². The van der Waals surface area contributed by atoms with Crippen molar-refractivity contribution in [3.05, 3.63) is 75.5 Å². The maximum absolute atomic E-state index is 12.8. The fourth-order valence-electron chi connectivity index (χ4n) is 3.73. The third-order valence-corrected chi connectivity index (χ3v) is 7.33. The third-order valence-electron chi connectivity index (χ3n) is 5.32. The Hall–Kier alpha value is -2.74. The van der Waals surface area contributed by atoms with Gasteiger partial charge in [-0.2, -0.15) is 0 Å². The molecule has 33 heavy (non-hydrogen) atoms. The minimum Gasteiger partial charge on any atom is -0.457 e. The Morgan fingerprint density at radius 3 is 2.61 bits per heavy atom. The number of nitrogens with one attached hydrogen (secondary N) is 1. The van der Waals surface area contributed by atoms with E-state index in [0.29, 0.717) is 21.3 Å². The number of esters is 1. The summed E-state index contributed by atoms with van der Waals surface area (Å²) < 4.78 is 7.10. The van der Waals surface area contributed by atoms with Crippen LogP contribution < -0.4 is 5.32 Å². The number of benzene rings is 2. The van der Waals surface area contributed by atoms with Crippen molar-refractivity contribution >= 4 is 58.3 Å². The molecule has 1 aliphatic heterocycles. The average Bonchev–Trinajstić information content (AvgIpc) is 3.08. The molecule has 0 radical (unpaired) electrons. The lowest BCUT2D eigenvalue weighted by Crippen LogP contribution is -2.31. The van der Waals surface area contributed by atoms with Crippen LogP contribution in [0.2, 0.25) is 10.0 Å². The highest BCUT2D eigenvalue weighted by Crippen LogP contribution is 2.36. The number of thioether (sulfide) groups is 1. The van der Waals surface area contributed by atoms with Crippen molar-refractivity contribution in [1.29, 1.82) is 0 Å². The molecule has 0 fully saturated rings. The Balaban J connectivity index is 1.40. The van der Waals surface area contributed by atoms with Gasteiger partial charge >= 0.3 is 5.97 Å². The van der Waals surface area contributed by atoms with Crippen molar-refractivity contribution in [3.63, 3.8) is 0 Å². The van der Waals surface area contributed by atoms with Crippen molar-refractivity contribution in [2.75, 3.05) is 11.9 Å². The number of aryl methyl sites for hydroxylation is 1. The highest BCUT2D eigenvalue weighted by Gasteiger charge is 2.29. The average molecular weight is 503 g/mol. The number of fused-ring (bicyclic) bond motifs is 1. The summed E-state index contributed by atoms with van der Waals surface area (Å²) in [6.45, 7) is 3.28. The summed E-state index contributed by atoms with van der Waals surface area (Å²) in [5, 5.41) is 3.04. The van der Waals surface area contributed by atoms with Gasteiger partial charge in [0.15, 0.2) is 6.61 Å². The topological polar surface area (TPSA) is 77.4 Å². The number of carbonyl (C=O) groups is 3. The maximum Gasteiger partial charge on any atom is 0.307 e. The van der Waals surface area contributed by atoms with Gasteiger partial charge in [0.05, 0.1) is 27.4 Å². The molecule has 3 aromatic rings. The molecule has 1 aromatic heterocycles. The van der Waals surface area contributed by atoms with E-state index in [4.69, 9.17) is 27.9 Å². The summed E-state index contributed by atoms with van der Waals surface area (Å²) in [6.07, 6.45) is -0.125. The number of aromatic nitrogens is 1. The number of para-hydroxylation sites is 1. The first-order valence-electron chi connectivity index (χ1n) is 10.1. The Bertz CT molecular complexity index is 1270.